The van der Waals surface area contributed by atoms with E-state index in [0.717, 1.165) is 11.8 Å². The van der Waals surface area contributed by atoms with Crippen LogP contribution < -0.4 is 0 Å². The maximum absolute atomic E-state index is 11.8. The number of nitrogens with zero attached hydrogens (tertiary/aromatic N) is 2. The fourth-order valence-corrected chi connectivity index (χ4v) is 10.6. The highest BCUT2D eigenvalue weighted by molar-refractivity contribution is 7.87. The highest BCUT2D eigenvalue weighted by Crippen LogP contribution is 2.56. The predicted molar refractivity (Wildman–Crippen MR) is 194 cm³/mol. The molecule has 7 fully saturated rings. The first-order chi connectivity index (χ1) is 25.6. The normalized spacial score (nSPS) is 31.6. The van der Waals surface area contributed by atoms with Crippen molar-refractivity contribution in [2.75, 3.05) is 27.6 Å². The van der Waals surface area contributed by atoms with Crippen molar-refractivity contribution in [2.45, 2.75) is 121 Å². The van der Waals surface area contributed by atoms with Gasteiger partial charge in [-0.15, -0.1) is 0 Å². The molecular formula is C38H56N2O14S. The summed E-state index contributed by atoms with van der Waals surface area (Å²) >= 11 is 0. The number of carbonyl (C=O) groups is 5. The second-order valence-corrected chi connectivity index (χ2v) is 18.3. The Kier molecular flexibility index (Phi) is 14.1. The molecule has 1 saturated heterocycles. The Balaban J connectivity index is 0.000000186. The number of esters is 5. The molecule has 7 aliphatic rings. The van der Waals surface area contributed by atoms with E-state index in [1.807, 2.05) is 0 Å². The zero-order valence-corrected chi connectivity index (χ0v) is 33.9. The topological polar surface area (TPSA) is 209 Å². The van der Waals surface area contributed by atoms with E-state index in [0.29, 0.717) is 36.4 Å². The number of hydrogen-bond acceptors (Lipinski definition) is 16. The van der Waals surface area contributed by atoms with E-state index in [2.05, 4.69) is 32.9 Å². The van der Waals surface area contributed by atoms with E-state index in [9.17, 15) is 32.4 Å². The van der Waals surface area contributed by atoms with Gasteiger partial charge in [0.05, 0.1) is 25.6 Å². The molecule has 0 spiro atoms. The average Bonchev–Trinajstić information content (AvgIpc) is 3.75. The molecule has 17 heteroatoms. The first-order valence-electron chi connectivity index (χ1n) is 18.6. The number of methoxy groups -OCH3 is 2. The third-order valence-corrected chi connectivity index (χ3v) is 13.0. The molecule has 308 valence electrons. The van der Waals surface area contributed by atoms with Gasteiger partial charge in [0.1, 0.15) is 12.2 Å². The van der Waals surface area contributed by atoms with Crippen LogP contribution in [0.5, 0.6) is 0 Å². The van der Waals surface area contributed by atoms with Crippen LogP contribution in [0.4, 0.5) is 0 Å². The molecule has 6 aliphatic carbocycles. The Morgan fingerprint density at radius 3 is 1.65 bits per heavy atom. The first-order valence-corrected chi connectivity index (χ1v) is 20.1. The van der Waals surface area contributed by atoms with E-state index < -0.39 is 69.1 Å². The van der Waals surface area contributed by atoms with Crippen molar-refractivity contribution in [1.82, 2.24) is 0 Å². The summed E-state index contributed by atoms with van der Waals surface area (Å²) in [4.78, 5) is 56.8. The molecule has 0 aromatic rings. The van der Waals surface area contributed by atoms with Crippen molar-refractivity contribution >= 4 is 40.0 Å². The molecule has 16 nitrogen and oxygen atoms in total. The van der Waals surface area contributed by atoms with Crippen molar-refractivity contribution < 1.29 is 65.0 Å². The summed E-state index contributed by atoms with van der Waals surface area (Å²) in [6, 6.07) is 0. The Morgan fingerprint density at radius 2 is 1.18 bits per heavy atom. The SMILES string of the molecule is C=C(C)C(=O)OCC(=O)OC1C2CC3C1OS(=O)(=O)C3C2.C=C(C)C(=O)OCOC1C2CC3CC(C2)CC1C3.COC(=O)C(C)(C)N=NC(C)(C)C(=O)OC. The Labute approximate surface area is 323 Å². The van der Waals surface area contributed by atoms with Crippen LogP contribution in [-0.4, -0.2) is 101 Å². The van der Waals surface area contributed by atoms with Crippen molar-refractivity contribution in [3.05, 3.63) is 24.3 Å². The van der Waals surface area contributed by atoms with E-state index in [1.165, 1.54) is 53.2 Å². The van der Waals surface area contributed by atoms with Crippen LogP contribution in [0.1, 0.15) is 86.5 Å². The molecule has 0 radical (unpaired) electrons. The highest BCUT2D eigenvalue weighted by atomic mass is 32.2. The second-order valence-electron chi connectivity index (χ2n) is 16.5. The van der Waals surface area contributed by atoms with Gasteiger partial charge in [-0.1, -0.05) is 13.2 Å². The largest absolute Gasteiger partial charge is 0.467 e. The summed E-state index contributed by atoms with van der Waals surface area (Å²) in [7, 11) is -0.987. The van der Waals surface area contributed by atoms with Crippen molar-refractivity contribution in [3.8, 4) is 0 Å². The van der Waals surface area contributed by atoms with Crippen LogP contribution in [0.15, 0.2) is 34.5 Å². The van der Waals surface area contributed by atoms with Crippen LogP contribution in [0.2, 0.25) is 0 Å². The zero-order chi connectivity index (χ0) is 41.0. The van der Waals surface area contributed by atoms with E-state index in [1.54, 1.807) is 34.6 Å². The van der Waals surface area contributed by atoms with Crippen molar-refractivity contribution in [3.63, 3.8) is 0 Å². The monoisotopic (exact) mass is 796 g/mol. The summed E-state index contributed by atoms with van der Waals surface area (Å²) in [6.07, 6.45) is 7.08. The van der Waals surface area contributed by atoms with Crippen LogP contribution in [0.25, 0.3) is 0 Å². The van der Waals surface area contributed by atoms with Crippen LogP contribution in [-0.2, 0) is 66.7 Å². The van der Waals surface area contributed by atoms with Crippen molar-refractivity contribution in [2.24, 2.45) is 45.7 Å². The quantitative estimate of drug-likeness (QED) is 0.0670. The Morgan fingerprint density at radius 1 is 0.709 bits per heavy atom. The molecule has 1 aliphatic heterocycles. The fourth-order valence-electron chi connectivity index (χ4n) is 8.75. The molecular weight excluding hydrogens is 740 g/mol. The number of ether oxygens (including phenoxy) is 6. The van der Waals surface area contributed by atoms with Gasteiger partial charge >= 0.3 is 29.8 Å². The van der Waals surface area contributed by atoms with Crippen LogP contribution >= 0.6 is 0 Å². The minimum atomic E-state index is -3.53. The van der Waals surface area contributed by atoms with Crippen LogP contribution in [0, 0.1) is 35.5 Å². The molecule has 0 aromatic heterocycles. The number of azo groups is 1. The second kappa shape index (κ2) is 17.6. The lowest BCUT2D eigenvalue weighted by molar-refractivity contribution is -0.183. The molecule has 1 heterocycles. The average molecular weight is 797 g/mol. The minimum Gasteiger partial charge on any atom is -0.467 e. The molecule has 6 saturated carbocycles. The fraction of sp³-hybridized carbons (Fsp3) is 0.763. The van der Waals surface area contributed by atoms with Crippen molar-refractivity contribution in [1.29, 1.82) is 0 Å². The van der Waals surface area contributed by atoms with Gasteiger partial charge in [-0.2, -0.15) is 18.6 Å². The lowest BCUT2D eigenvalue weighted by atomic mass is 9.55. The van der Waals surface area contributed by atoms with Gasteiger partial charge in [0, 0.05) is 23.0 Å². The summed E-state index contributed by atoms with van der Waals surface area (Å²) in [5, 5.41) is 7.18. The standard InChI is InChI=1S/C15H22O3.C13H16O7S.C10H18N2O4/c1-9(2)15(16)18-8-17-14-12-4-10-3-11(6-12)7-13(14)5-10;1-6(2)13(15)18-5-10(14)19-11-7-3-8-9(4-7)21(16,17)20-12(8)11;1-9(2,7(13)15-5)11-12-10(3,4)8(14)16-6/h10-14H,1,3-8H2,2H3;7-9,11-12H,1,3-5H2,2H3;1-6H3. The maximum Gasteiger partial charge on any atom is 0.344 e. The van der Waals surface area contributed by atoms with Gasteiger partial charge in [0.25, 0.3) is 10.1 Å². The number of fused-ring (bicyclic) bond motifs is 1. The van der Waals surface area contributed by atoms with E-state index in [4.69, 9.17) is 23.1 Å². The Bertz CT molecular complexity index is 1590. The summed E-state index contributed by atoms with van der Waals surface area (Å²) in [5.74, 6) is 0.489. The zero-order valence-electron chi connectivity index (χ0n) is 33.1. The van der Waals surface area contributed by atoms with Crippen LogP contribution in [0.3, 0.4) is 0 Å². The van der Waals surface area contributed by atoms with Gasteiger partial charge in [-0.05, 0) is 110 Å². The third-order valence-electron chi connectivity index (χ3n) is 11.2. The molecule has 5 unspecified atom stereocenters. The highest BCUT2D eigenvalue weighted by Gasteiger charge is 2.65. The minimum absolute atomic E-state index is 0.00284. The molecule has 6 bridgehead atoms. The summed E-state index contributed by atoms with van der Waals surface area (Å²) in [5.41, 5.74) is -1.60. The Hall–Kier alpha value is -3.70. The van der Waals surface area contributed by atoms with Gasteiger partial charge in [0.15, 0.2) is 24.5 Å². The van der Waals surface area contributed by atoms with Gasteiger partial charge in [0.2, 0.25) is 0 Å². The molecule has 0 aromatic carbocycles. The molecule has 7 rings (SSSR count). The van der Waals surface area contributed by atoms with E-state index in [-0.39, 0.29) is 30.2 Å². The van der Waals surface area contributed by atoms with E-state index >= 15 is 0 Å². The number of carbonyl (C=O) groups excluding carboxylic acids is 5. The lowest BCUT2D eigenvalue weighted by Crippen LogP contribution is -2.49. The molecule has 55 heavy (non-hydrogen) atoms. The first kappa shape index (κ1) is 44.0. The molecule has 0 N–H and O–H groups in total. The summed E-state index contributed by atoms with van der Waals surface area (Å²) in [6.45, 7) is 15.9. The summed E-state index contributed by atoms with van der Waals surface area (Å²) < 4.78 is 58.6. The third kappa shape index (κ3) is 10.6. The smallest absolute Gasteiger partial charge is 0.344 e. The lowest BCUT2D eigenvalue weighted by Gasteiger charge is -2.53. The molecule has 0 amide bonds. The van der Waals surface area contributed by atoms with Gasteiger partial charge in [-0.3, -0.25) is 4.18 Å². The molecule has 5 atom stereocenters. The number of hydrogen-bond donors (Lipinski definition) is 0. The van der Waals surface area contributed by atoms with Gasteiger partial charge < -0.3 is 28.4 Å². The number of rotatable bonds is 12. The van der Waals surface area contributed by atoms with Gasteiger partial charge in [-0.25, -0.2) is 24.0 Å². The maximum atomic E-state index is 11.8. The predicted octanol–water partition coefficient (Wildman–Crippen LogP) is 4.40.